The van der Waals surface area contributed by atoms with Crippen molar-refractivity contribution in [3.8, 4) is 0 Å². The van der Waals surface area contributed by atoms with Crippen LogP contribution in [0.3, 0.4) is 0 Å². The molecule has 3 nitrogen and oxygen atoms in total. The van der Waals surface area contributed by atoms with Gasteiger partial charge in [0.25, 0.3) is 0 Å². The molecule has 106 valence electrons. The number of hydrogen-bond acceptors (Lipinski definition) is 3. The molecule has 0 radical (unpaired) electrons. The number of hydrogen-bond donors (Lipinski definition) is 1. The largest absolute Gasteiger partial charge is 0.377 e. The van der Waals surface area contributed by atoms with Crippen molar-refractivity contribution in [1.29, 1.82) is 0 Å². The second kappa shape index (κ2) is 7.25. The summed E-state index contributed by atoms with van der Waals surface area (Å²) in [6.45, 7) is 3.79. The molecule has 1 aromatic rings. The van der Waals surface area contributed by atoms with Gasteiger partial charge >= 0.3 is 0 Å². The fourth-order valence-electron chi connectivity index (χ4n) is 2.42. The van der Waals surface area contributed by atoms with E-state index in [0.29, 0.717) is 12.6 Å². The van der Waals surface area contributed by atoms with Crippen LogP contribution < -0.4 is 5.32 Å². The molecule has 2 rings (SSSR count). The molecule has 1 N–H and O–H groups in total. The second-order valence-electron chi connectivity index (χ2n) is 4.98. The fraction of sp³-hybridized carbons (Fsp3) is 0.600. The van der Waals surface area contributed by atoms with Gasteiger partial charge in [0.05, 0.1) is 18.8 Å². The number of benzene rings is 1. The number of halogens is 1. The summed E-state index contributed by atoms with van der Waals surface area (Å²) in [7, 11) is 1.75. The van der Waals surface area contributed by atoms with Crippen LogP contribution in [0.5, 0.6) is 0 Å². The molecule has 0 amide bonds. The van der Waals surface area contributed by atoms with Gasteiger partial charge in [-0.2, -0.15) is 0 Å². The van der Waals surface area contributed by atoms with Crippen LogP contribution in [0.2, 0.25) is 5.02 Å². The van der Waals surface area contributed by atoms with Crippen molar-refractivity contribution < 1.29 is 9.47 Å². The number of ether oxygens (including phenoxy) is 2. The van der Waals surface area contributed by atoms with Gasteiger partial charge in [-0.25, -0.2) is 0 Å². The van der Waals surface area contributed by atoms with E-state index in [2.05, 4.69) is 12.2 Å². The van der Waals surface area contributed by atoms with Crippen molar-refractivity contribution in [3.05, 3.63) is 34.9 Å². The average molecular weight is 284 g/mol. The quantitative estimate of drug-likeness (QED) is 0.834. The maximum absolute atomic E-state index is 5.95. The highest BCUT2D eigenvalue weighted by atomic mass is 35.5. The van der Waals surface area contributed by atoms with Gasteiger partial charge in [-0.3, -0.25) is 0 Å². The summed E-state index contributed by atoms with van der Waals surface area (Å²) in [5.41, 5.74) is 1.10. The Morgan fingerprint density at radius 1 is 1.42 bits per heavy atom. The van der Waals surface area contributed by atoms with Crippen LogP contribution in [0.1, 0.15) is 25.3 Å². The standard InChI is InChI=1S/C15H22ClNO2/c1-3-7-17-13-9-14(15(13)18-2)19-10-11-5-4-6-12(16)8-11/h4-6,8,13-15,17H,3,7,9-10H2,1-2H3. The van der Waals surface area contributed by atoms with Gasteiger partial charge in [-0.15, -0.1) is 0 Å². The first-order valence-electron chi connectivity index (χ1n) is 6.86. The number of rotatable bonds is 7. The van der Waals surface area contributed by atoms with Crippen molar-refractivity contribution in [1.82, 2.24) is 5.32 Å². The highest BCUT2D eigenvalue weighted by molar-refractivity contribution is 6.30. The van der Waals surface area contributed by atoms with Gasteiger partial charge in [-0.05, 0) is 37.1 Å². The monoisotopic (exact) mass is 283 g/mol. The van der Waals surface area contributed by atoms with Gasteiger partial charge in [0.15, 0.2) is 0 Å². The first-order valence-corrected chi connectivity index (χ1v) is 7.24. The smallest absolute Gasteiger partial charge is 0.0987 e. The summed E-state index contributed by atoms with van der Waals surface area (Å²) in [4.78, 5) is 0. The second-order valence-corrected chi connectivity index (χ2v) is 5.41. The van der Waals surface area contributed by atoms with Crippen molar-refractivity contribution in [2.45, 2.75) is 44.6 Å². The number of nitrogens with one attached hydrogen (secondary N) is 1. The predicted octanol–water partition coefficient (Wildman–Crippen LogP) is 3.01. The summed E-state index contributed by atoms with van der Waals surface area (Å²) in [5, 5.41) is 4.23. The minimum absolute atomic E-state index is 0.158. The summed E-state index contributed by atoms with van der Waals surface area (Å²) in [5.74, 6) is 0. The molecular weight excluding hydrogens is 262 g/mol. The highest BCUT2D eigenvalue weighted by Gasteiger charge is 2.41. The summed E-state index contributed by atoms with van der Waals surface area (Å²) < 4.78 is 11.4. The summed E-state index contributed by atoms with van der Waals surface area (Å²) >= 11 is 5.95. The lowest BCUT2D eigenvalue weighted by Gasteiger charge is -2.43. The van der Waals surface area contributed by atoms with Gasteiger partial charge in [0.1, 0.15) is 0 Å². The Morgan fingerprint density at radius 2 is 2.26 bits per heavy atom. The average Bonchev–Trinajstić information content (AvgIpc) is 2.37. The van der Waals surface area contributed by atoms with Crippen molar-refractivity contribution in [2.24, 2.45) is 0 Å². The van der Waals surface area contributed by atoms with E-state index in [1.807, 2.05) is 24.3 Å². The van der Waals surface area contributed by atoms with Crippen LogP contribution in [0, 0.1) is 0 Å². The van der Waals surface area contributed by atoms with Crippen LogP contribution in [-0.4, -0.2) is 31.9 Å². The third-order valence-corrected chi connectivity index (χ3v) is 3.77. The minimum atomic E-state index is 0.158. The van der Waals surface area contributed by atoms with E-state index >= 15 is 0 Å². The van der Waals surface area contributed by atoms with E-state index in [9.17, 15) is 0 Å². The lowest BCUT2D eigenvalue weighted by Crippen LogP contribution is -2.59. The van der Waals surface area contributed by atoms with Crippen LogP contribution in [0.15, 0.2) is 24.3 Å². The zero-order valence-corrected chi connectivity index (χ0v) is 12.3. The molecule has 1 aromatic carbocycles. The molecule has 0 heterocycles. The van der Waals surface area contributed by atoms with Crippen molar-refractivity contribution >= 4 is 11.6 Å². The zero-order chi connectivity index (χ0) is 13.7. The number of methoxy groups -OCH3 is 1. The Balaban J connectivity index is 1.78. The molecule has 1 aliphatic rings. The summed E-state index contributed by atoms with van der Waals surface area (Å²) in [6, 6.07) is 8.21. The molecule has 0 saturated heterocycles. The van der Waals surface area contributed by atoms with Crippen molar-refractivity contribution in [2.75, 3.05) is 13.7 Å². The molecule has 3 unspecified atom stereocenters. The molecule has 3 atom stereocenters. The zero-order valence-electron chi connectivity index (χ0n) is 11.6. The lowest BCUT2D eigenvalue weighted by molar-refractivity contribution is -0.139. The fourth-order valence-corrected chi connectivity index (χ4v) is 2.63. The van der Waals surface area contributed by atoms with Gasteiger partial charge in [0.2, 0.25) is 0 Å². The predicted molar refractivity (Wildman–Crippen MR) is 77.5 cm³/mol. The van der Waals surface area contributed by atoms with Gasteiger partial charge in [-0.1, -0.05) is 30.7 Å². The lowest BCUT2D eigenvalue weighted by atomic mass is 9.85. The normalized spacial score (nSPS) is 26.2. The van der Waals surface area contributed by atoms with Crippen molar-refractivity contribution in [3.63, 3.8) is 0 Å². The Labute approximate surface area is 120 Å². The topological polar surface area (TPSA) is 30.5 Å². The van der Waals surface area contributed by atoms with E-state index in [1.165, 1.54) is 0 Å². The summed E-state index contributed by atoms with van der Waals surface area (Å²) in [6.07, 6.45) is 2.49. The molecule has 1 fully saturated rings. The van der Waals surface area contributed by atoms with E-state index in [-0.39, 0.29) is 12.2 Å². The molecule has 1 aliphatic carbocycles. The highest BCUT2D eigenvalue weighted by Crippen LogP contribution is 2.28. The molecule has 0 bridgehead atoms. The van der Waals surface area contributed by atoms with Crippen LogP contribution in [0.25, 0.3) is 0 Å². The van der Waals surface area contributed by atoms with Gasteiger partial charge < -0.3 is 14.8 Å². The van der Waals surface area contributed by atoms with Crippen LogP contribution >= 0.6 is 11.6 Å². The van der Waals surface area contributed by atoms with Gasteiger partial charge in [0, 0.05) is 18.2 Å². The Morgan fingerprint density at radius 3 is 2.95 bits per heavy atom. The van der Waals surface area contributed by atoms with E-state index in [0.717, 1.165) is 30.0 Å². The van der Waals surface area contributed by atoms with Crippen LogP contribution in [0.4, 0.5) is 0 Å². The third kappa shape index (κ3) is 3.93. The molecular formula is C15H22ClNO2. The van der Waals surface area contributed by atoms with E-state index in [4.69, 9.17) is 21.1 Å². The van der Waals surface area contributed by atoms with E-state index < -0.39 is 0 Å². The third-order valence-electron chi connectivity index (χ3n) is 3.53. The Bertz CT molecular complexity index is 399. The first-order chi connectivity index (χ1) is 9.24. The van der Waals surface area contributed by atoms with E-state index in [1.54, 1.807) is 7.11 Å². The first kappa shape index (κ1) is 14.8. The Hall–Kier alpha value is -0.610. The molecule has 4 heteroatoms. The van der Waals surface area contributed by atoms with Crippen LogP contribution in [-0.2, 0) is 16.1 Å². The maximum atomic E-state index is 5.95. The Kier molecular flexibility index (Phi) is 5.64. The SMILES string of the molecule is CCCNC1CC(OCc2cccc(Cl)c2)C1OC. The molecule has 0 aliphatic heterocycles. The molecule has 0 spiro atoms. The molecule has 1 saturated carbocycles. The molecule has 19 heavy (non-hydrogen) atoms. The maximum Gasteiger partial charge on any atom is 0.0987 e. The minimum Gasteiger partial charge on any atom is -0.377 e. The molecule has 0 aromatic heterocycles.